The van der Waals surface area contributed by atoms with E-state index in [9.17, 15) is 9.18 Å². The van der Waals surface area contributed by atoms with E-state index in [-0.39, 0.29) is 23.9 Å². The maximum absolute atomic E-state index is 14.5. The smallest absolute Gasteiger partial charge is 0.317 e. The molecule has 0 unspecified atom stereocenters. The van der Waals surface area contributed by atoms with Crippen molar-refractivity contribution in [2.24, 2.45) is 0 Å². The number of morpholine rings is 1. The van der Waals surface area contributed by atoms with E-state index in [1.807, 2.05) is 6.07 Å². The summed E-state index contributed by atoms with van der Waals surface area (Å²) in [6, 6.07) is 3.63. The largest absolute Gasteiger partial charge is 0.378 e. The van der Waals surface area contributed by atoms with Crippen LogP contribution in [0.4, 0.5) is 15.0 Å². The number of pyridine rings is 1. The molecular formula is C21H25FN8O2. The Morgan fingerprint density at radius 1 is 1.22 bits per heavy atom. The van der Waals surface area contributed by atoms with Crippen molar-refractivity contribution in [3.63, 3.8) is 0 Å². The molecule has 1 aliphatic carbocycles. The summed E-state index contributed by atoms with van der Waals surface area (Å²) in [5, 5.41) is 14.2. The second-order valence-corrected chi connectivity index (χ2v) is 8.12. The molecular weight excluding hydrogens is 415 g/mol. The van der Waals surface area contributed by atoms with Gasteiger partial charge in [0.25, 0.3) is 0 Å². The molecule has 1 saturated carbocycles. The Balaban J connectivity index is 1.27. The van der Waals surface area contributed by atoms with Crippen molar-refractivity contribution in [3.8, 4) is 11.5 Å². The average molecular weight is 440 g/mol. The number of rotatable bonds is 4. The van der Waals surface area contributed by atoms with Crippen molar-refractivity contribution in [2.45, 2.75) is 37.8 Å². The third-order valence-electron chi connectivity index (χ3n) is 5.93. The van der Waals surface area contributed by atoms with Gasteiger partial charge < -0.3 is 20.3 Å². The van der Waals surface area contributed by atoms with Crippen molar-refractivity contribution < 1.29 is 13.9 Å². The van der Waals surface area contributed by atoms with Crippen LogP contribution in [0, 0.1) is 5.82 Å². The van der Waals surface area contributed by atoms with Crippen LogP contribution in [0.25, 0.3) is 22.6 Å². The highest BCUT2D eigenvalue weighted by atomic mass is 19.1. The average Bonchev–Trinajstić information content (AvgIpc) is 3.26. The van der Waals surface area contributed by atoms with Crippen LogP contribution in [-0.4, -0.2) is 74.5 Å². The topological polar surface area (TPSA) is 121 Å². The van der Waals surface area contributed by atoms with Gasteiger partial charge in [-0.05, 0) is 37.8 Å². The number of aromatic amines is 1. The molecule has 0 aromatic carbocycles. The third kappa shape index (κ3) is 4.33. The number of carbonyl (C=O) groups is 1. The Hall–Kier alpha value is -3.34. The van der Waals surface area contributed by atoms with Gasteiger partial charge in [0, 0.05) is 31.4 Å². The molecule has 1 aliphatic heterocycles. The highest BCUT2D eigenvalue weighted by molar-refractivity contribution is 5.88. The van der Waals surface area contributed by atoms with Crippen LogP contribution in [0.15, 0.2) is 24.5 Å². The number of halogens is 1. The number of amides is 2. The minimum Gasteiger partial charge on any atom is -0.378 e. The van der Waals surface area contributed by atoms with E-state index in [1.54, 1.807) is 17.2 Å². The maximum atomic E-state index is 14.5. The molecule has 3 aromatic rings. The second kappa shape index (κ2) is 9.03. The Kier molecular flexibility index (Phi) is 5.80. The molecule has 5 rings (SSSR count). The Morgan fingerprint density at radius 3 is 2.94 bits per heavy atom. The standard InChI is InChI=1S/C21H25FN8O2/c22-16-12-24-20(17-15-5-2-6-23-18(15)29-28-17)27-19(16)25-13-3-1-4-14(11-13)26-21(31)30-7-9-32-10-8-30/h2,5-6,12-14H,1,3-4,7-11H2,(H,26,31)(H,23,28,29)(H,24,25,27)/t13-,14+/m0/s1. The number of carbonyl (C=O) groups excluding carboxylic acids is 1. The predicted octanol–water partition coefficient (Wildman–Crippen LogP) is 2.32. The van der Waals surface area contributed by atoms with Crippen molar-refractivity contribution in [1.29, 1.82) is 0 Å². The van der Waals surface area contributed by atoms with Gasteiger partial charge >= 0.3 is 6.03 Å². The lowest BCUT2D eigenvalue weighted by Crippen LogP contribution is -2.51. The van der Waals surface area contributed by atoms with Crippen LogP contribution < -0.4 is 10.6 Å². The molecule has 2 amide bonds. The Labute approximate surface area is 184 Å². The zero-order valence-corrected chi connectivity index (χ0v) is 17.6. The molecule has 11 heteroatoms. The molecule has 0 bridgehead atoms. The summed E-state index contributed by atoms with van der Waals surface area (Å²) in [5.41, 5.74) is 1.14. The van der Waals surface area contributed by atoms with Crippen molar-refractivity contribution in [3.05, 3.63) is 30.3 Å². The molecule has 2 atom stereocenters. The first-order chi connectivity index (χ1) is 15.7. The van der Waals surface area contributed by atoms with E-state index >= 15 is 0 Å². The van der Waals surface area contributed by atoms with Crippen LogP contribution in [0.1, 0.15) is 25.7 Å². The van der Waals surface area contributed by atoms with Gasteiger partial charge in [-0.15, -0.1) is 0 Å². The summed E-state index contributed by atoms with van der Waals surface area (Å²) in [6.45, 7) is 2.34. The molecule has 1 saturated heterocycles. The van der Waals surface area contributed by atoms with Crippen molar-refractivity contribution in [2.75, 3.05) is 31.6 Å². The number of hydrogen-bond donors (Lipinski definition) is 3. The van der Waals surface area contributed by atoms with Crippen molar-refractivity contribution >= 4 is 22.9 Å². The van der Waals surface area contributed by atoms with Gasteiger partial charge in [-0.3, -0.25) is 5.10 Å². The molecule has 0 spiro atoms. The van der Waals surface area contributed by atoms with Gasteiger partial charge in [0.1, 0.15) is 5.69 Å². The summed E-state index contributed by atoms with van der Waals surface area (Å²) in [7, 11) is 0. The number of H-pyrrole nitrogens is 1. The summed E-state index contributed by atoms with van der Waals surface area (Å²) in [4.78, 5) is 27.0. The molecule has 0 radical (unpaired) electrons. The summed E-state index contributed by atoms with van der Waals surface area (Å²) in [6.07, 6.45) is 6.23. The lowest BCUT2D eigenvalue weighted by atomic mass is 9.91. The number of urea groups is 1. The van der Waals surface area contributed by atoms with E-state index < -0.39 is 5.82 Å². The van der Waals surface area contributed by atoms with E-state index in [2.05, 4.69) is 35.8 Å². The van der Waals surface area contributed by atoms with Crippen LogP contribution in [0.5, 0.6) is 0 Å². The SMILES string of the molecule is O=C(N[C@@H]1CCC[C@H](Nc2nc(-c3n[nH]c4ncccc34)ncc2F)C1)N1CCOCC1. The maximum Gasteiger partial charge on any atom is 0.317 e. The first-order valence-electron chi connectivity index (χ1n) is 10.9. The van der Waals surface area contributed by atoms with E-state index in [0.717, 1.165) is 30.8 Å². The Morgan fingerprint density at radius 2 is 2.06 bits per heavy atom. The number of nitrogens with zero attached hydrogens (tertiary/aromatic N) is 5. The summed E-state index contributed by atoms with van der Waals surface area (Å²) >= 11 is 0. The summed E-state index contributed by atoms with van der Waals surface area (Å²) < 4.78 is 19.8. The van der Waals surface area contributed by atoms with Crippen LogP contribution in [0.3, 0.4) is 0 Å². The number of fused-ring (bicyclic) bond motifs is 1. The van der Waals surface area contributed by atoms with Crippen molar-refractivity contribution in [1.82, 2.24) is 35.4 Å². The third-order valence-corrected chi connectivity index (χ3v) is 5.93. The number of nitrogens with one attached hydrogen (secondary N) is 3. The lowest BCUT2D eigenvalue weighted by Gasteiger charge is -2.33. The number of ether oxygens (including phenoxy) is 1. The highest BCUT2D eigenvalue weighted by Crippen LogP contribution is 2.26. The number of anilines is 1. The quantitative estimate of drug-likeness (QED) is 0.569. The van der Waals surface area contributed by atoms with Gasteiger partial charge in [-0.1, -0.05) is 0 Å². The first kappa shape index (κ1) is 20.6. The van der Waals surface area contributed by atoms with Gasteiger partial charge in [0.05, 0.1) is 24.8 Å². The molecule has 168 valence electrons. The van der Waals surface area contributed by atoms with Crippen LogP contribution >= 0.6 is 0 Å². The monoisotopic (exact) mass is 440 g/mol. The lowest BCUT2D eigenvalue weighted by molar-refractivity contribution is 0.0521. The van der Waals surface area contributed by atoms with Gasteiger partial charge in [0.2, 0.25) is 0 Å². The zero-order chi connectivity index (χ0) is 21.9. The van der Waals surface area contributed by atoms with E-state index in [4.69, 9.17) is 4.74 Å². The normalized spacial score (nSPS) is 21.5. The van der Waals surface area contributed by atoms with Crippen LogP contribution in [0.2, 0.25) is 0 Å². The molecule has 4 heterocycles. The molecule has 2 fully saturated rings. The predicted molar refractivity (Wildman–Crippen MR) is 115 cm³/mol. The first-order valence-corrected chi connectivity index (χ1v) is 10.9. The van der Waals surface area contributed by atoms with Gasteiger partial charge in [0.15, 0.2) is 23.1 Å². The van der Waals surface area contributed by atoms with E-state index in [0.29, 0.717) is 49.9 Å². The van der Waals surface area contributed by atoms with Gasteiger partial charge in [-0.25, -0.2) is 24.1 Å². The minimum atomic E-state index is -0.522. The molecule has 3 N–H and O–H groups in total. The number of aromatic nitrogens is 5. The molecule has 10 nitrogen and oxygen atoms in total. The summed E-state index contributed by atoms with van der Waals surface area (Å²) in [5.74, 6) is -0.0625. The fourth-order valence-corrected chi connectivity index (χ4v) is 4.29. The van der Waals surface area contributed by atoms with Crippen LogP contribution in [-0.2, 0) is 4.74 Å². The highest BCUT2D eigenvalue weighted by Gasteiger charge is 2.27. The van der Waals surface area contributed by atoms with E-state index in [1.165, 1.54) is 0 Å². The Bertz CT molecular complexity index is 1100. The number of hydrogen-bond acceptors (Lipinski definition) is 7. The fourth-order valence-electron chi connectivity index (χ4n) is 4.29. The molecule has 2 aliphatic rings. The molecule has 3 aromatic heterocycles. The van der Waals surface area contributed by atoms with Gasteiger partial charge in [-0.2, -0.15) is 5.10 Å². The fraction of sp³-hybridized carbons (Fsp3) is 0.476. The minimum absolute atomic E-state index is 0.00594. The molecule has 32 heavy (non-hydrogen) atoms. The second-order valence-electron chi connectivity index (χ2n) is 8.12. The zero-order valence-electron chi connectivity index (χ0n) is 17.6.